The van der Waals surface area contributed by atoms with Crippen molar-refractivity contribution in [3.8, 4) is 5.75 Å². The van der Waals surface area contributed by atoms with E-state index in [0.29, 0.717) is 13.2 Å². The Hall–Kier alpha value is -1.51. The molecule has 1 unspecified atom stereocenters. The van der Waals surface area contributed by atoms with Crippen molar-refractivity contribution in [1.29, 1.82) is 0 Å². The molecule has 0 saturated carbocycles. The average molecular weight is 291 g/mol. The summed E-state index contributed by atoms with van der Waals surface area (Å²) in [7, 11) is 0. The molecule has 0 aliphatic carbocycles. The third-order valence-corrected chi connectivity index (χ3v) is 3.25. The van der Waals surface area contributed by atoms with Gasteiger partial charge in [-0.15, -0.1) is 0 Å². The summed E-state index contributed by atoms with van der Waals surface area (Å²) in [6.07, 6.45) is 1.89. The van der Waals surface area contributed by atoms with Gasteiger partial charge in [-0.1, -0.05) is 60.1 Å². The summed E-state index contributed by atoms with van der Waals surface area (Å²) >= 11 is 6.16. The van der Waals surface area contributed by atoms with Crippen molar-refractivity contribution < 1.29 is 9.47 Å². The van der Waals surface area contributed by atoms with Crippen molar-refractivity contribution in [2.45, 2.75) is 18.4 Å². The predicted octanol–water partition coefficient (Wildman–Crippen LogP) is 4.80. The van der Waals surface area contributed by atoms with Crippen LogP contribution >= 0.6 is 11.6 Å². The zero-order valence-corrected chi connectivity index (χ0v) is 12.1. The lowest BCUT2D eigenvalue weighted by atomic mass is 10.2. The molecule has 0 aromatic heterocycles. The van der Waals surface area contributed by atoms with Crippen LogP contribution in [0.15, 0.2) is 60.7 Å². The Morgan fingerprint density at radius 1 is 0.800 bits per heavy atom. The standard InChI is InChI=1S/C17H19ClO2/c18-17(15-9-3-1-4-10-15)20-14-8-7-13-19-16-11-5-2-6-12-16/h1-6,9-12,17H,7-8,13-14H2. The molecule has 0 saturated heterocycles. The molecular formula is C17H19ClO2. The monoisotopic (exact) mass is 290 g/mol. The minimum atomic E-state index is -0.369. The van der Waals surface area contributed by atoms with Gasteiger partial charge in [0, 0.05) is 6.61 Å². The number of halogens is 1. The summed E-state index contributed by atoms with van der Waals surface area (Å²) in [5, 5.41) is 0. The molecule has 1 atom stereocenters. The van der Waals surface area contributed by atoms with Crippen LogP contribution in [0.1, 0.15) is 24.0 Å². The quantitative estimate of drug-likeness (QED) is 0.513. The summed E-state index contributed by atoms with van der Waals surface area (Å²) in [5.41, 5.74) is 0.626. The van der Waals surface area contributed by atoms with Gasteiger partial charge < -0.3 is 9.47 Å². The molecule has 0 fully saturated rings. The zero-order chi connectivity index (χ0) is 14.0. The minimum absolute atomic E-state index is 0.369. The van der Waals surface area contributed by atoms with Crippen molar-refractivity contribution in [3.63, 3.8) is 0 Å². The van der Waals surface area contributed by atoms with Crippen LogP contribution < -0.4 is 4.74 Å². The van der Waals surface area contributed by atoms with E-state index >= 15 is 0 Å². The van der Waals surface area contributed by atoms with Crippen LogP contribution in [-0.2, 0) is 4.74 Å². The van der Waals surface area contributed by atoms with Crippen LogP contribution in [0.5, 0.6) is 5.75 Å². The van der Waals surface area contributed by atoms with Gasteiger partial charge in [-0.05, 0) is 30.5 Å². The maximum Gasteiger partial charge on any atom is 0.156 e. The number of unbranched alkanes of at least 4 members (excludes halogenated alkanes) is 1. The van der Waals surface area contributed by atoms with Gasteiger partial charge in [0.2, 0.25) is 0 Å². The molecule has 3 heteroatoms. The van der Waals surface area contributed by atoms with Crippen molar-refractivity contribution in [2.24, 2.45) is 0 Å². The van der Waals surface area contributed by atoms with E-state index in [1.807, 2.05) is 60.7 Å². The van der Waals surface area contributed by atoms with Gasteiger partial charge in [-0.3, -0.25) is 0 Å². The van der Waals surface area contributed by atoms with E-state index in [4.69, 9.17) is 21.1 Å². The number of para-hydroxylation sites is 1. The third kappa shape index (κ3) is 5.24. The number of hydrogen-bond acceptors (Lipinski definition) is 2. The van der Waals surface area contributed by atoms with E-state index in [0.717, 1.165) is 24.2 Å². The topological polar surface area (TPSA) is 18.5 Å². The lowest BCUT2D eigenvalue weighted by Crippen LogP contribution is -2.02. The fourth-order valence-corrected chi connectivity index (χ4v) is 2.03. The molecule has 106 valence electrons. The second-order valence-electron chi connectivity index (χ2n) is 4.47. The molecule has 0 heterocycles. The highest BCUT2D eigenvalue weighted by molar-refractivity contribution is 6.19. The Morgan fingerprint density at radius 3 is 2.10 bits per heavy atom. The second kappa shape index (κ2) is 8.62. The number of hydrogen-bond donors (Lipinski definition) is 0. The normalized spacial score (nSPS) is 12.1. The molecule has 2 aromatic rings. The Bertz CT molecular complexity index is 473. The minimum Gasteiger partial charge on any atom is -0.494 e. The fraction of sp³-hybridized carbons (Fsp3) is 0.294. The van der Waals surface area contributed by atoms with Crippen molar-refractivity contribution in [1.82, 2.24) is 0 Å². The first-order chi connectivity index (χ1) is 9.86. The van der Waals surface area contributed by atoms with E-state index in [1.54, 1.807) is 0 Å². The first-order valence-electron chi connectivity index (χ1n) is 6.85. The fourth-order valence-electron chi connectivity index (χ4n) is 1.80. The predicted molar refractivity (Wildman–Crippen MR) is 82.2 cm³/mol. The molecule has 2 nitrogen and oxygen atoms in total. The number of ether oxygens (including phenoxy) is 2. The lowest BCUT2D eigenvalue weighted by Gasteiger charge is -2.11. The Morgan fingerprint density at radius 2 is 1.40 bits per heavy atom. The van der Waals surface area contributed by atoms with Gasteiger partial charge in [-0.25, -0.2) is 0 Å². The summed E-state index contributed by atoms with van der Waals surface area (Å²) in [5.74, 6) is 0.910. The van der Waals surface area contributed by atoms with Gasteiger partial charge in [0.1, 0.15) is 5.75 Å². The van der Waals surface area contributed by atoms with Gasteiger partial charge in [0.25, 0.3) is 0 Å². The molecule has 0 aliphatic heterocycles. The maximum atomic E-state index is 6.16. The molecule has 0 amide bonds. The lowest BCUT2D eigenvalue weighted by molar-refractivity contribution is 0.101. The molecule has 0 bridgehead atoms. The maximum absolute atomic E-state index is 6.16. The number of benzene rings is 2. The molecule has 2 aromatic carbocycles. The van der Waals surface area contributed by atoms with Gasteiger partial charge in [0.15, 0.2) is 5.56 Å². The molecule has 0 radical (unpaired) electrons. The van der Waals surface area contributed by atoms with Gasteiger partial charge >= 0.3 is 0 Å². The molecule has 0 N–H and O–H groups in total. The Labute approximate surface area is 125 Å². The second-order valence-corrected chi connectivity index (χ2v) is 4.86. The van der Waals surface area contributed by atoms with Crippen LogP contribution in [-0.4, -0.2) is 13.2 Å². The van der Waals surface area contributed by atoms with Crippen molar-refractivity contribution in [2.75, 3.05) is 13.2 Å². The molecule has 2 rings (SSSR count). The van der Waals surface area contributed by atoms with Gasteiger partial charge in [-0.2, -0.15) is 0 Å². The van der Waals surface area contributed by atoms with Crippen LogP contribution in [0.4, 0.5) is 0 Å². The SMILES string of the molecule is ClC(OCCCCOc1ccccc1)c1ccccc1. The summed E-state index contributed by atoms with van der Waals surface area (Å²) in [4.78, 5) is 0. The largest absolute Gasteiger partial charge is 0.494 e. The van der Waals surface area contributed by atoms with E-state index in [-0.39, 0.29) is 5.56 Å². The molecule has 0 aliphatic rings. The number of alkyl halides is 1. The first kappa shape index (κ1) is 14.9. The summed E-state index contributed by atoms with van der Waals surface area (Å²) in [6, 6.07) is 19.7. The average Bonchev–Trinajstić information content (AvgIpc) is 2.52. The van der Waals surface area contributed by atoms with E-state index in [9.17, 15) is 0 Å². The van der Waals surface area contributed by atoms with Gasteiger partial charge in [0.05, 0.1) is 6.61 Å². The summed E-state index contributed by atoms with van der Waals surface area (Å²) < 4.78 is 11.2. The smallest absolute Gasteiger partial charge is 0.156 e. The van der Waals surface area contributed by atoms with Crippen molar-refractivity contribution in [3.05, 3.63) is 66.2 Å². The number of rotatable bonds is 8. The van der Waals surface area contributed by atoms with E-state index < -0.39 is 0 Å². The third-order valence-electron chi connectivity index (χ3n) is 2.88. The molecule has 20 heavy (non-hydrogen) atoms. The van der Waals surface area contributed by atoms with Crippen LogP contribution in [0.3, 0.4) is 0 Å². The highest BCUT2D eigenvalue weighted by Gasteiger charge is 2.06. The van der Waals surface area contributed by atoms with Crippen LogP contribution in [0.25, 0.3) is 0 Å². The molecular weight excluding hydrogens is 272 g/mol. The molecule has 0 spiro atoms. The van der Waals surface area contributed by atoms with Crippen LogP contribution in [0, 0.1) is 0 Å². The summed E-state index contributed by atoms with van der Waals surface area (Å²) in [6.45, 7) is 1.34. The Balaban J connectivity index is 1.56. The van der Waals surface area contributed by atoms with Crippen LogP contribution in [0.2, 0.25) is 0 Å². The Kier molecular flexibility index (Phi) is 6.42. The van der Waals surface area contributed by atoms with Crippen molar-refractivity contribution >= 4 is 11.6 Å². The van der Waals surface area contributed by atoms with E-state index in [2.05, 4.69) is 0 Å². The zero-order valence-electron chi connectivity index (χ0n) is 11.4. The highest BCUT2D eigenvalue weighted by atomic mass is 35.5. The first-order valence-corrected chi connectivity index (χ1v) is 7.28. The van der Waals surface area contributed by atoms with E-state index in [1.165, 1.54) is 0 Å². The highest BCUT2D eigenvalue weighted by Crippen LogP contribution is 2.21.